The second-order valence-corrected chi connectivity index (χ2v) is 5.10. The Balaban J connectivity index is 1.82. The molecule has 1 heterocycles. The monoisotopic (exact) mass is 251 g/mol. The summed E-state index contributed by atoms with van der Waals surface area (Å²) in [6.07, 6.45) is 0.915. The number of hydrogen-bond donors (Lipinski definition) is 0. The number of nitrogens with zero attached hydrogens (tertiary/aromatic N) is 1. The maximum absolute atomic E-state index is 4.69. The Bertz CT molecular complexity index is 614. The van der Waals surface area contributed by atoms with E-state index in [0.29, 0.717) is 0 Å². The highest BCUT2D eigenvalue weighted by Gasteiger charge is 2.04. The zero-order valence-electron chi connectivity index (χ0n) is 9.91. The molecule has 0 N–H and O–H groups in total. The Morgan fingerprint density at radius 1 is 0.833 bits per heavy atom. The van der Waals surface area contributed by atoms with Gasteiger partial charge in [0.25, 0.3) is 0 Å². The number of rotatable bonds is 3. The van der Waals surface area contributed by atoms with Gasteiger partial charge in [-0.05, 0) is 5.56 Å². The van der Waals surface area contributed by atoms with Gasteiger partial charge in [0.1, 0.15) is 0 Å². The lowest BCUT2D eigenvalue weighted by atomic mass is 10.1. The predicted molar refractivity (Wildman–Crippen MR) is 76.8 cm³/mol. The molecule has 0 saturated heterocycles. The topological polar surface area (TPSA) is 12.9 Å². The van der Waals surface area contributed by atoms with E-state index in [-0.39, 0.29) is 0 Å². The molecule has 3 rings (SSSR count). The van der Waals surface area contributed by atoms with Crippen molar-refractivity contribution >= 4 is 11.3 Å². The summed E-state index contributed by atoms with van der Waals surface area (Å²) in [5.74, 6) is 0. The van der Waals surface area contributed by atoms with Crippen LogP contribution in [0.2, 0.25) is 0 Å². The molecule has 0 unspecified atom stereocenters. The number of benzene rings is 2. The minimum Gasteiger partial charge on any atom is -0.241 e. The predicted octanol–water partition coefficient (Wildman–Crippen LogP) is 4.40. The molecular formula is C16H13NS. The fourth-order valence-corrected chi connectivity index (χ4v) is 2.74. The Hall–Kier alpha value is -1.93. The Kier molecular flexibility index (Phi) is 3.20. The third-order valence-electron chi connectivity index (χ3n) is 2.82. The van der Waals surface area contributed by atoms with E-state index in [4.69, 9.17) is 4.98 Å². The van der Waals surface area contributed by atoms with Crippen LogP contribution in [0.3, 0.4) is 0 Å². The zero-order valence-corrected chi connectivity index (χ0v) is 10.7. The molecule has 0 atom stereocenters. The van der Waals surface area contributed by atoms with Gasteiger partial charge in [0.15, 0.2) is 0 Å². The highest BCUT2D eigenvalue weighted by Crippen LogP contribution is 2.23. The van der Waals surface area contributed by atoms with Gasteiger partial charge in [-0.2, -0.15) is 0 Å². The minimum atomic E-state index is 0.915. The van der Waals surface area contributed by atoms with Crippen LogP contribution in [0.4, 0.5) is 0 Å². The van der Waals surface area contributed by atoms with Crippen molar-refractivity contribution < 1.29 is 0 Å². The molecule has 0 radical (unpaired) electrons. The van der Waals surface area contributed by atoms with E-state index in [0.717, 1.165) is 12.1 Å². The van der Waals surface area contributed by atoms with E-state index in [1.165, 1.54) is 16.1 Å². The molecular weight excluding hydrogens is 238 g/mol. The maximum Gasteiger partial charge on any atom is 0.0976 e. The van der Waals surface area contributed by atoms with Gasteiger partial charge in [0.05, 0.1) is 10.7 Å². The van der Waals surface area contributed by atoms with Gasteiger partial charge in [-0.1, -0.05) is 60.7 Å². The molecule has 0 bridgehead atoms. The molecule has 0 aliphatic rings. The summed E-state index contributed by atoms with van der Waals surface area (Å²) in [5, 5.41) is 3.30. The molecule has 1 nitrogen and oxygen atoms in total. The summed E-state index contributed by atoms with van der Waals surface area (Å²) in [5.41, 5.74) is 3.58. The number of hydrogen-bond acceptors (Lipinski definition) is 2. The van der Waals surface area contributed by atoms with Crippen molar-refractivity contribution in [1.82, 2.24) is 4.98 Å². The number of thiazole rings is 1. The number of aromatic nitrogens is 1. The first-order valence-corrected chi connectivity index (χ1v) is 6.83. The zero-order chi connectivity index (χ0) is 12.2. The van der Waals surface area contributed by atoms with Gasteiger partial charge in [-0.15, -0.1) is 11.3 Å². The van der Waals surface area contributed by atoms with Crippen molar-refractivity contribution in [1.29, 1.82) is 0 Å². The van der Waals surface area contributed by atoms with Gasteiger partial charge in [0, 0.05) is 17.4 Å². The SMILES string of the molecule is c1ccc(Cc2nc(-c3ccccc3)cs2)cc1. The summed E-state index contributed by atoms with van der Waals surface area (Å²) in [7, 11) is 0. The van der Waals surface area contributed by atoms with Gasteiger partial charge < -0.3 is 0 Å². The normalized spacial score (nSPS) is 10.4. The Morgan fingerprint density at radius 3 is 2.22 bits per heavy atom. The van der Waals surface area contributed by atoms with E-state index < -0.39 is 0 Å². The largest absolute Gasteiger partial charge is 0.241 e. The lowest BCUT2D eigenvalue weighted by Crippen LogP contribution is -1.86. The van der Waals surface area contributed by atoms with Crippen LogP contribution in [-0.4, -0.2) is 4.98 Å². The lowest BCUT2D eigenvalue weighted by Gasteiger charge is -1.97. The average molecular weight is 251 g/mol. The van der Waals surface area contributed by atoms with Gasteiger partial charge in [-0.25, -0.2) is 4.98 Å². The fourth-order valence-electron chi connectivity index (χ4n) is 1.90. The molecule has 0 aliphatic heterocycles. The summed E-state index contributed by atoms with van der Waals surface area (Å²) >= 11 is 1.73. The minimum absolute atomic E-state index is 0.915. The molecule has 88 valence electrons. The molecule has 2 aromatic carbocycles. The van der Waals surface area contributed by atoms with Crippen LogP contribution in [0.1, 0.15) is 10.6 Å². The van der Waals surface area contributed by atoms with E-state index in [9.17, 15) is 0 Å². The summed E-state index contributed by atoms with van der Waals surface area (Å²) in [4.78, 5) is 4.69. The lowest BCUT2D eigenvalue weighted by molar-refractivity contribution is 1.14. The molecule has 0 spiro atoms. The van der Waals surface area contributed by atoms with Crippen molar-refractivity contribution in [2.75, 3.05) is 0 Å². The Morgan fingerprint density at radius 2 is 1.50 bits per heavy atom. The highest BCUT2D eigenvalue weighted by atomic mass is 32.1. The molecule has 18 heavy (non-hydrogen) atoms. The van der Waals surface area contributed by atoms with Crippen LogP contribution in [0.25, 0.3) is 11.3 Å². The van der Waals surface area contributed by atoms with Crippen LogP contribution >= 0.6 is 11.3 Å². The molecule has 0 fully saturated rings. The van der Waals surface area contributed by atoms with E-state index in [2.05, 4.69) is 41.8 Å². The van der Waals surface area contributed by atoms with Crippen LogP contribution in [0.15, 0.2) is 66.0 Å². The Labute approximate surface area is 111 Å². The molecule has 1 aromatic heterocycles. The second kappa shape index (κ2) is 5.15. The molecule has 0 amide bonds. The van der Waals surface area contributed by atoms with Gasteiger partial charge in [-0.3, -0.25) is 0 Å². The first-order valence-electron chi connectivity index (χ1n) is 5.95. The highest BCUT2D eigenvalue weighted by molar-refractivity contribution is 7.10. The summed E-state index contributed by atoms with van der Waals surface area (Å²) in [6, 6.07) is 20.8. The van der Waals surface area contributed by atoms with Crippen molar-refractivity contribution in [3.8, 4) is 11.3 Å². The van der Waals surface area contributed by atoms with E-state index >= 15 is 0 Å². The standard InChI is InChI=1S/C16H13NS/c1-3-7-13(8-4-1)11-16-17-15(12-18-16)14-9-5-2-6-10-14/h1-10,12H,11H2. The van der Waals surface area contributed by atoms with Crippen molar-refractivity contribution in [3.05, 3.63) is 76.6 Å². The first kappa shape index (κ1) is 11.2. The van der Waals surface area contributed by atoms with Crippen molar-refractivity contribution in [2.45, 2.75) is 6.42 Å². The van der Waals surface area contributed by atoms with E-state index in [1.54, 1.807) is 11.3 Å². The average Bonchev–Trinajstić information content (AvgIpc) is 2.89. The summed E-state index contributed by atoms with van der Waals surface area (Å²) in [6.45, 7) is 0. The van der Waals surface area contributed by atoms with Crippen LogP contribution in [0.5, 0.6) is 0 Å². The third kappa shape index (κ3) is 2.49. The van der Waals surface area contributed by atoms with Gasteiger partial charge >= 0.3 is 0 Å². The van der Waals surface area contributed by atoms with E-state index in [1.807, 2.05) is 24.3 Å². The van der Waals surface area contributed by atoms with Crippen molar-refractivity contribution in [3.63, 3.8) is 0 Å². The van der Waals surface area contributed by atoms with Crippen LogP contribution in [0, 0.1) is 0 Å². The maximum atomic E-state index is 4.69. The van der Waals surface area contributed by atoms with Crippen molar-refractivity contribution in [2.24, 2.45) is 0 Å². The first-order chi connectivity index (χ1) is 8.92. The van der Waals surface area contributed by atoms with Gasteiger partial charge in [0.2, 0.25) is 0 Å². The molecule has 3 aromatic rings. The quantitative estimate of drug-likeness (QED) is 0.672. The summed E-state index contributed by atoms with van der Waals surface area (Å²) < 4.78 is 0. The molecule has 0 aliphatic carbocycles. The fraction of sp³-hybridized carbons (Fsp3) is 0.0625. The van der Waals surface area contributed by atoms with Crippen LogP contribution < -0.4 is 0 Å². The second-order valence-electron chi connectivity index (χ2n) is 4.15. The van der Waals surface area contributed by atoms with Crippen LogP contribution in [-0.2, 0) is 6.42 Å². The smallest absolute Gasteiger partial charge is 0.0976 e. The molecule has 0 saturated carbocycles. The third-order valence-corrected chi connectivity index (χ3v) is 3.67. The molecule has 2 heteroatoms.